The van der Waals surface area contributed by atoms with E-state index >= 15 is 0 Å². The van der Waals surface area contributed by atoms with E-state index in [-0.39, 0.29) is 12.4 Å². The van der Waals surface area contributed by atoms with Crippen LogP contribution in [0.1, 0.15) is 43.7 Å². The maximum atomic E-state index is 14.1. The lowest BCUT2D eigenvalue weighted by Crippen LogP contribution is -2.03. The van der Waals surface area contributed by atoms with Crippen molar-refractivity contribution in [3.63, 3.8) is 0 Å². The number of hydrogen-bond acceptors (Lipinski definition) is 3. The second-order valence-electron chi connectivity index (χ2n) is 6.01. The second-order valence-corrected chi connectivity index (χ2v) is 7.58. The number of benzene rings is 1. The van der Waals surface area contributed by atoms with Crippen LogP contribution in [0.5, 0.6) is 5.75 Å². The molecule has 1 fully saturated rings. The van der Waals surface area contributed by atoms with Crippen molar-refractivity contribution in [3.05, 3.63) is 53.2 Å². The van der Waals surface area contributed by atoms with Gasteiger partial charge in [-0.2, -0.15) is 0 Å². The molecule has 0 amide bonds. The Morgan fingerprint density at radius 2 is 1.96 bits per heavy atom. The number of halogens is 2. The molecule has 0 unspecified atom stereocenters. The first-order chi connectivity index (χ1) is 11.0. The van der Waals surface area contributed by atoms with Crippen molar-refractivity contribution in [1.29, 1.82) is 0 Å². The van der Waals surface area contributed by atoms with Gasteiger partial charge in [-0.3, -0.25) is 0 Å². The van der Waals surface area contributed by atoms with Crippen molar-refractivity contribution >= 4 is 11.8 Å². The second kappa shape index (κ2) is 6.87. The van der Waals surface area contributed by atoms with Gasteiger partial charge < -0.3 is 4.74 Å². The summed E-state index contributed by atoms with van der Waals surface area (Å²) in [7, 11) is 0. The number of hydrogen-bond donors (Lipinski definition) is 0. The van der Waals surface area contributed by atoms with Gasteiger partial charge in [-0.25, -0.2) is 13.8 Å². The van der Waals surface area contributed by atoms with Crippen LogP contribution in [-0.4, -0.2) is 10.2 Å². The summed E-state index contributed by atoms with van der Waals surface area (Å²) in [5, 5.41) is 1.20. The van der Waals surface area contributed by atoms with Crippen LogP contribution >= 0.6 is 11.8 Å². The summed E-state index contributed by atoms with van der Waals surface area (Å²) in [5.41, 5.74) is 1.56. The standard InChI is InChI=1S/C18H19F2NOS/c1-11(2)23-18-13(4-3-7-21-18)10-22-17-15(19)8-14(9-16(17)20)12-5-6-12/h3-4,7-9,11-12H,5-6,10H2,1-2H3. The Labute approximate surface area is 139 Å². The Kier molecular flexibility index (Phi) is 4.85. The number of rotatable bonds is 6. The fourth-order valence-corrected chi connectivity index (χ4v) is 3.23. The fraction of sp³-hybridized carbons (Fsp3) is 0.389. The van der Waals surface area contributed by atoms with Gasteiger partial charge in [0.05, 0.1) is 0 Å². The third kappa shape index (κ3) is 4.02. The van der Waals surface area contributed by atoms with Crippen LogP contribution in [0, 0.1) is 11.6 Å². The number of nitrogens with zero attached hydrogens (tertiary/aromatic N) is 1. The predicted octanol–water partition coefficient (Wildman–Crippen LogP) is 5.32. The molecule has 1 saturated carbocycles. The zero-order valence-corrected chi connectivity index (χ0v) is 14.0. The molecule has 2 aromatic rings. The molecule has 23 heavy (non-hydrogen) atoms. The lowest BCUT2D eigenvalue weighted by atomic mass is 10.1. The summed E-state index contributed by atoms with van der Waals surface area (Å²) >= 11 is 1.60. The van der Waals surface area contributed by atoms with Gasteiger partial charge in [0.25, 0.3) is 0 Å². The topological polar surface area (TPSA) is 22.1 Å². The van der Waals surface area contributed by atoms with Crippen molar-refractivity contribution in [1.82, 2.24) is 4.98 Å². The highest BCUT2D eigenvalue weighted by Crippen LogP contribution is 2.42. The molecule has 1 aliphatic carbocycles. The minimum atomic E-state index is -0.631. The lowest BCUT2D eigenvalue weighted by Gasteiger charge is -2.13. The third-order valence-electron chi connectivity index (χ3n) is 3.64. The van der Waals surface area contributed by atoms with Crippen molar-refractivity contribution in [2.75, 3.05) is 0 Å². The average molecular weight is 335 g/mol. The van der Waals surface area contributed by atoms with Gasteiger partial charge in [0.2, 0.25) is 0 Å². The molecule has 1 aromatic heterocycles. The molecule has 1 aromatic carbocycles. The molecule has 1 heterocycles. The molecule has 0 saturated heterocycles. The van der Waals surface area contributed by atoms with Crippen molar-refractivity contribution in [2.24, 2.45) is 0 Å². The molecule has 0 atom stereocenters. The molecule has 0 radical (unpaired) electrons. The molecule has 3 rings (SSSR count). The van der Waals surface area contributed by atoms with E-state index in [0.29, 0.717) is 11.2 Å². The number of ether oxygens (including phenoxy) is 1. The summed E-state index contributed by atoms with van der Waals surface area (Å²) in [6, 6.07) is 6.45. The fourth-order valence-electron chi connectivity index (χ4n) is 2.38. The van der Waals surface area contributed by atoms with Gasteiger partial charge in [0.1, 0.15) is 11.6 Å². The van der Waals surface area contributed by atoms with E-state index in [4.69, 9.17) is 4.74 Å². The lowest BCUT2D eigenvalue weighted by molar-refractivity contribution is 0.270. The van der Waals surface area contributed by atoms with Crippen LogP contribution in [0.15, 0.2) is 35.5 Å². The summed E-state index contributed by atoms with van der Waals surface area (Å²) in [6.45, 7) is 4.24. The van der Waals surface area contributed by atoms with E-state index in [0.717, 1.165) is 29.0 Å². The first-order valence-electron chi connectivity index (χ1n) is 7.77. The number of aromatic nitrogens is 1. The van der Waals surface area contributed by atoms with Gasteiger partial charge >= 0.3 is 0 Å². The molecule has 0 N–H and O–H groups in total. The Hall–Kier alpha value is -1.62. The van der Waals surface area contributed by atoms with Gasteiger partial charge in [-0.1, -0.05) is 19.9 Å². The zero-order chi connectivity index (χ0) is 16.4. The molecule has 0 bridgehead atoms. The summed E-state index contributed by atoms with van der Waals surface area (Å²) in [4.78, 5) is 4.32. The number of pyridine rings is 1. The molecule has 0 aliphatic heterocycles. The maximum absolute atomic E-state index is 14.1. The third-order valence-corrected chi connectivity index (χ3v) is 4.70. The van der Waals surface area contributed by atoms with Crippen LogP contribution in [0.4, 0.5) is 8.78 Å². The molecule has 2 nitrogen and oxygen atoms in total. The van der Waals surface area contributed by atoms with Gasteiger partial charge in [0, 0.05) is 17.0 Å². The van der Waals surface area contributed by atoms with Crippen LogP contribution in [0.25, 0.3) is 0 Å². The first kappa shape index (κ1) is 16.2. The predicted molar refractivity (Wildman–Crippen MR) is 87.9 cm³/mol. The van der Waals surface area contributed by atoms with E-state index in [1.165, 1.54) is 12.1 Å². The molecule has 5 heteroatoms. The van der Waals surface area contributed by atoms with Crippen LogP contribution < -0.4 is 4.74 Å². The highest BCUT2D eigenvalue weighted by molar-refractivity contribution is 7.99. The van der Waals surface area contributed by atoms with E-state index in [9.17, 15) is 8.78 Å². The van der Waals surface area contributed by atoms with E-state index < -0.39 is 11.6 Å². The largest absolute Gasteiger partial charge is 0.483 e. The first-order valence-corrected chi connectivity index (χ1v) is 8.65. The van der Waals surface area contributed by atoms with Gasteiger partial charge in [0.15, 0.2) is 17.4 Å². The smallest absolute Gasteiger partial charge is 0.191 e. The molecule has 122 valence electrons. The average Bonchev–Trinajstić information content (AvgIpc) is 3.32. The summed E-state index contributed by atoms with van der Waals surface area (Å²) < 4.78 is 33.7. The molecule has 1 aliphatic rings. The normalized spacial score (nSPS) is 14.3. The minimum Gasteiger partial charge on any atom is -0.483 e. The van der Waals surface area contributed by atoms with E-state index in [1.54, 1.807) is 24.0 Å². The Balaban J connectivity index is 1.76. The maximum Gasteiger partial charge on any atom is 0.191 e. The van der Waals surface area contributed by atoms with Crippen molar-refractivity contribution in [3.8, 4) is 5.75 Å². The van der Waals surface area contributed by atoms with E-state index in [2.05, 4.69) is 18.8 Å². The van der Waals surface area contributed by atoms with Crippen LogP contribution in [0.3, 0.4) is 0 Å². The zero-order valence-electron chi connectivity index (χ0n) is 13.2. The highest BCUT2D eigenvalue weighted by atomic mass is 32.2. The molecular weight excluding hydrogens is 316 g/mol. The Bertz CT molecular complexity index is 678. The molecule has 0 spiro atoms. The van der Waals surface area contributed by atoms with Crippen molar-refractivity contribution < 1.29 is 13.5 Å². The van der Waals surface area contributed by atoms with E-state index in [1.807, 2.05) is 6.07 Å². The van der Waals surface area contributed by atoms with Crippen LogP contribution in [0.2, 0.25) is 0 Å². The summed E-state index contributed by atoms with van der Waals surface area (Å²) in [5.74, 6) is -1.26. The summed E-state index contributed by atoms with van der Waals surface area (Å²) in [6.07, 6.45) is 3.72. The quantitative estimate of drug-likeness (QED) is 0.667. The van der Waals surface area contributed by atoms with Gasteiger partial charge in [-0.05, 0) is 42.5 Å². The number of thioether (sulfide) groups is 1. The Morgan fingerprint density at radius 3 is 2.57 bits per heavy atom. The monoisotopic (exact) mass is 335 g/mol. The van der Waals surface area contributed by atoms with Crippen molar-refractivity contribution in [2.45, 2.75) is 49.5 Å². The Morgan fingerprint density at radius 1 is 1.26 bits per heavy atom. The minimum absolute atomic E-state index is 0.0967. The van der Waals surface area contributed by atoms with Gasteiger partial charge in [-0.15, -0.1) is 11.8 Å². The SMILES string of the molecule is CC(C)Sc1ncccc1COc1c(F)cc(C2CC2)cc1F. The van der Waals surface area contributed by atoms with Crippen LogP contribution in [-0.2, 0) is 6.61 Å². The highest BCUT2D eigenvalue weighted by Gasteiger charge is 2.26. The molecular formula is C18H19F2NOS.